The van der Waals surface area contributed by atoms with Crippen LogP contribution in [0, 0.1) is 0 Å². The zero-order valence-electron chi connectivity index (χ0n) is 8.33. The average Bonchev–Trinajstić information content (AvgIpc) is 2.56. The number of carbonyl (C=O) groups excluding carboxylic acids is 1. The highest BCUT2D eigenvalue weighted by molar-refractivity contribution is 14.1. The van der Waals surface area contributed by atoms with Crippen LogP contribution in [0.25, 0.3) is 11.0 Å². The quantitative estimate of drug-likeness (QED) is 0.614. The highest BCUT2D eigenvalue weighted by Gasteiger charge is 2.37. The summed E-state index contributed by atoms with van der Waals surface area (Å²) in [7, 11) is 0. The van der Waals surface area contributed by atoms with Crippen molar-refractivity contribution in [1.29, 1.82) is 0 Å². The lowest BCUT2D eigenvalue weighted by molar-refractivity contribution is -0.147. The molecule has 0 atom stereocenters. The summed E-state index contributed by atoms with van der Waals surface area (Å²) in [6.45, 7) is -0.337. The number of para-hydroxylation sites is 2. The van der Waals surface area contributed by atoms with Crippen molar-refractivity contribution in [2.45, 2.75) is 12.7 Å². The van der Waals surface area contributed by atoms with Gasteiger partial charge in [-0.15, -0.1) is 0 Å². The Kier molecular flexibility index (Phi) is 3.11. The Morgan fingerprint density at radius 1 is 1.35 bits per heavy atom. The van der Waals surface area contributed by atoms with Crippen LogP contribution in [0.4, 0.5) is 13.2 Å². The van der Waals surface area contributed by atoms with Gasteiger partial charge in [-0.05, 0) is 12.1 Å². The Balaban J connectivity index is 2.69. The van der Waals surface area contributed by atoms with E-state index in [9.17, 15) is 18.0 Å². The molecule has 0 saturated heterocycles. The van der Waals surface area contributed by atoms with E-state index >= 15 is 0 Å². The van der Waals surface area contributed by atoms with Crippen LogP contribution < -0.4 is 0 Å². The first-order chi connectivity index (χ1) is 7.89. The number of hydrogen-bond acceptors (Lipinski definition) is 2. The Morgan fingerprint density at radius 2 is 2.00 bits per heavy atom. The van der Waals surface area contributed by atoms with Crippen molar-refractivity contribution in [1.82, 2.24) is 9.55 Å². The number of rotatable bonds is 2. The number of nitrogens with zero attached hydrogens (tertiary/aromatic N) is 2. The van der Waals surface area contributed by atoms with E-state index in [-0.39, 0.29) is 15.9 Å². The van der Waals surface area contributed by atoms with E-state index in [2.05, 4.69) is 4.98 Å². The lowest BCUT2D eigenvalue weighted by Crippen LogP contribution is -2.17. The van der Waals surface area contributed by atoms with Crippen molar-refractivity contribution < 1.29 is 18.0 Å². The standard InChI is InChI=1S/C10H6F3IN2O/c11-10(12,13)9-15-6-3-1-2-4-7(6)16(9)5-8(14)17/h1-4H,5H2. The summed E-state index contributed by atoms with van der Waals surface area (Å²) >= 11 is 1.47. The summed E-state index contributed by atoms with van der Waals surface area (Å²) in [5.74, 6) is -1.04. The molecule has 0 spiro atoms. The second-order valence-corrected chi connectivity index (χ2v) is 4.57. The predicted molar refractivity (Wildman–Crippen MR) is 63.8 cm³/mol. The molecule has 0 fully saturated rings. The zero-order valence-corrected chi connectivity index (χ0v) is 10.5. The van der Waals surface area contributed by atoms with E-state index < -0.39 is 12.0 Å². The molecule has 1 aromatic carbocycles. The van der Waals surface area contributed by atoms with Gasteiger partial charge >= 0.3 is 6.18 Å². The second kappa shape index (κ2) is 4.28. The van der Waals surface area contributed by atoms with E-state index in [0.717, 1.165) is 4.57 Å². The first-order valence-electron chi connectivity index (χ1n) is 4.60. The first kappa shape index (κ1) is 12.3. The maximum atomic E-state index is 12.7. The van der Waals surface area contributed by atoms with Gasteiger partial charge in [-0.1, -0.05) is 12.1 Å². The molecule has 3 nitrogen and oxygen atoms in total. The van der Waals surface area contributed by atoms with Gasteiger partial charge in [-0.25, -0.2) is 4.98 Å². The molecule has 0 aliphatic rings. The van der Waals surface area contributed by atoms with E-state index in [1.807, 2.05) is 0 Å². The van der Waals surface area contributed by atoms with Crippen LogP contribution >= 0.6 is 22.6 Å². The number of benzene rings is 1. The van der Waals surface area contributed by atoms with E-state index in [1.54, 1.807) is 12.1 Å². The van der Waals surface area contributed by atoms with Gasteiger partial charge in [-0.2, -0.15) is 13.2 Å². The third kappa shape index (κ3) is 2.43. The Labute approximate surface area is 108 Å². The van der Waals surface area contributed by atoms with Crippen LogP contribution in [0.15, 0.2) is 24.3 Å². The van der Waals surface area contributed by atoms with Crippen LogP contribution in [-0.4, -0.2) is 13.3 Å². The minimum Gasteiger partial charge on any atom is -0.312 e. The second-order valence-electron chi connectivity index (χ2n) is 3.36. The van der Waals surface area contributed by atoms with Gasteiger partial charge < -0.3 is 4.57 Å². The molecule has 0 aliphatic heterocycles. The number of aromatic nitrogens is 2. The Morgan fingerprint density at radius 3 is 2.59 bits per heavy atom. The SMILES string of the molecule is O=C(I)Cn1c(C(F)(F)F)nc2ccccc21. The summed E-state index contributed by atoms with van der Waals surface area (Å²) in [5.41, 5.74) is 0.544. The molecule has 0 saturated carbocycles. The lowest BCUT2D eigenvalue weighted by Gasteiger charge is -2.08. The molecule has 7 heteroatoms. The summed E-state index contributed by atoms with van der Waals surface area (Å²) in [4.78, 5) is 14.5. The van der Waals surface area contributed by atoms with Gasteiger partial charge in [0.25, 0.3) is 0 Å². The van der Waals surface area contributed by atoms with Crippen molar-refractivity contribution in [3.05, 3.63) is 30.1 Å². The Bertz CT molecular complexity index is 576. The van der Waals surface area contributed by atoms with E-state index in [4.69, 9.17) is 0 Å². The normalized spacial score (nSPS) is 12.0. The maximum absolute atomic E-state index is 12.7. The highest BCUT2D eigenvalue weighted by Crippen LogP contribution is 2.31. The Hall–Kier alpha value is -1.12. The molecule has 1 aromatic heterocycles. The third-order valence-corrected chi connectivity index (χ3v) is 2.53. The van der Waals surface area contributed by atoms with Crippen molar-refractivity contribution in [2.75, 3.05) is 0 Å². The van der Waals surface area contributed by atoms with Gasteiger partial charge in [0.05, 0.1) is 17.6 Å². The molecule has 90 valence electrons. The van der Waals surface area contributed by atoms with Gasteiger partial charge in [0.15, 0.2) is 0 Å². The molecule has 1 heterocycles. The lowest BCUT2D eigenvalue weighted by atomic mass is 10.3. The number of imidazole rings is 1. The zero-order chi connectivity index (χ0) is 12.6. The van der Waals surface area contributed by atoms with Crippen LogP contribution in [0.1, 0.15) is 5.82 Å². The molecule has 0 radical (unpaired) electrons. The molecule has 0 N–H and O–H groups in total. The maximum Gasteiger partial charge on any atom is 0.449 e. The van der Waals surface area contributed by atoms with Gasteiger partial charge in [-0.3, -0.25) is 4.79 Å². The van der Waals surface area contributed by atoms with Crippen LogP contribution in [0.5, 0.6) is 0 Å². The third-order valence-electron chi connectivity index (χ3n) is 2.19. The molecular weight excluding hydrogens is 348 g/mol. The van der Waals surface area contributed by atoms with Crippen LogP contribution in [0.3, 0.4) is 0 Å². The van der Waals surface area contributed by atoms with Gasteiger partial charge in [0.1, 0.15) is 0 Å². The summed E-state index contributed by atoms with van der Waals surface area (Å²) in [5, 5.41) is 0. The fraction of sp³-hybridized carbons (Fsp3) is 0.200. The van der Waals surface area contributed by atoms with Crippen molar-refractivity contribution in [2.24, 2.45) is 0 Å². The first-order valence-corrected chi connectivity index (χ1v) is 5.68. The van der Waals surface area contributed by atoms with Crippen LogP contribution in [0.2, 0.25) is 0 Å². The van der Waals surface area contributed by atoms with Crippen molar-refractivity contribution >= 4 is 37.4 Å². The smallest absolute Gasteiger partial charge is 0.312 e. The molecule has 2 aromatic rings. The predicted octanol–water partition coefficient (Wildman–Crippen LogP) is 3.02. The van der Waals surface area contributed by atoms with E-state index in [0.29, 0.717) is 5.52 Å². The summed E-state index contributed by atoms with van der Waals surface area (Å²) in [6.07, 6.45) is -4.56. The minimum atomic E-state index is -4.56. The molecule has 0 aliphatic carbocycles. The number of carbonyl (C=O) groups is 1. The van der Waals surface area contributed by atoms with Gasteiger partial charge in [0, 0.05) is 22.6 Å². The molecular formula is C10H6F3IN2O. The molecule has 0 bridgehead atoms. The summed E-state index contributed by atoms with van der Waals surface area (Å²) in [6, 6.07) is 6.21. The largest absolute Gasteiger partial charge is 0.449 e. The molecule has 0 amide bonds. The van der Waals surface area contributed by atoms with Gasteiger partial charge in [0.2, 0.25) is 9.61 Å². The molecule has 17 heavy (non-hydrogen) atoms. The number of halogens is 4. The number of alkyl halides is 3. The van der Waals surface area contributed by atoms with Crippen LogP contribution in [-0.2, 0) is 17.5 Å². The molecule has 0 unspecified atom stereocenters. The average molecular weight is 354 g/mol. The van der Waals surface area contributed by atoms with E-state index in [1.165, 1.54) is 34.7 Å². The number of hydrogen-bond donors (Lipinski definition) is 0. The fourth-order valence-electron chi connectivity index (χ4n) is 1.58. The van der Waals surface area contributed by atoms with Crippen molar-refractivity contribution in [3.63, 3.8) is 0 Å². The fourth-order valence-corrected chi connectivity index (χ4v) is 1.92. The number of fused-ring (bicyclic) bond motifs is 1. The monoisotopic (exact) mass is 354 g/mol. The topological polar surface area (TPSA) is 34.9 Å². The minimum absolute atomic E-state index is 0.234. The summed E-state index contributed by atoms with van der Waals surface area (Å²) < 4.78 is 38.7. The molecule has 2 rings (SSSR count). The highest BCUT2D eigenvalue weighted by atomic mass is 127. The van der Waals surface area contributed by atoms with Crippen molar-refractivity contribution in [3.8, 4) is 0 Å².